The lowest BCUT2D eigenvalue weighted by atomic mass is 10.1. The molecule has 98 valence electrons. The van der Waals surface area contributed by atoms with E-state index >= 15 is 0 Å². The first-order chi connectivity index (χ1) is 9.28. The van der Waals surface area contributed by atoms with Crippen LogP contribution in [0.25, 0.3) is 5.69 Å². The zero-order chi connectivity index (χ0) is 13.2. The molecule has 1 aliphatic rings. The number of ether oxygens (including phenoxy) is 1. The van der Waals surface area contributed by atoms with Gasteiger partial charge in [-0.3, -0.25) is 4.79 Å². The molecule has 3 rings (SSSR count). The maximum Gasteiger partial charge on any atom is 0.153 e. The van der Waals surface area contributed by atoms with Crippen molar-refractivity contribution in [3.8, 4) is 5.69 Å². The van der Waals surface area contributed by atoms with Gasteiger partial charge in [-0.25, -0.2) is 9.07 Å². The Hall–Kier alpha value is -2.01. The Bertz CT molecular complexity index is 603. The molecule has 2 aromatic rings. The van der Waals surface area contributed by atoms with Crippen LogP contribution in [0.5, 0.6) is 0 Å². The van der Waals surface area contributed by atoms with E-state index in [0.717, 1.165) is 19.1 Å². The summed E-state index contributed by atoms with van der Waals surface area (Å²) in [6, 6.07) is 6.10. The largest absolute Gasteiger partial charge is 0.372 e. The molecule has 0 aliphatic carbocycles. The number of aldehydes is 1. The Morgan fingerprint density at radius 1 is 1.47 bits per heavy atom. The monoisotopic (exact) mass is 260 g/mol. The summed E-state index contributed by atoms with van der Waals surface area (Å²) >= 11 is 0. The maximum atomic E-state index is 13.2. The van der Waals surface area contributed by atoms with Gasteiger partial charge in [-0.1, -0.05) is 6.07 Å². The lowest BCUT2D eigenvalue weighted by molar-refractivity contribution is 0.104. The van der Waals surface area contributed by atoms with Gasteiger partial charge in [0.15, 0.2) is 6.29 Å². The van der Waals surface area contributed by atoms with Gasteiger partial charge in [0.05, 0.1) is 11.3 Å². The van der Waals surface area contributed by atoms with E-state index in [1.165, 1.54) is 16.8 Å². The standard InChI is InChI=1S/C14H13FN2O2/c15-11-3-1-4-12(7-11)17-8-10(9-18)14(16-17)13-5-2-6-19-13/h1,3-4,7-9,13H,2,5-6H2. The van der Waals surface area contributed by atoms with Crippen molar-refractivity contribution in [2.45, 2.75) is 18.9 Å². The number of aromatic nitrogens is 2. The van der Waals surface area contributed by atoms with Crippen LogP contribution in [0.3, 0.4) is 0 Å². The maximum absolute atomic E-state index is 13.2. The fourth-order valence-electron chi connectivity index (χ4n) is 2.29. The molecule has 0 radical (unpaired) electrons. The highest BCUT2D eigenvalue weighted by Gasteiger charge is 2.24. The van der Waals surface area contributed by atoms with E-state index in [4.69, 9.17) is 4.74 Å². The average molecular weight is 260 g/mol. The first kappa shape index (κ1) is 12.0. The van der Waals surface area contributed by atoms with Gasteiger partial charge in [0.2, 0.25) is 0 Å². The van der Waals surface area contributed by atoms with Crippen molar-refractivity contribution < 1.29 is 13.9 Å². The highest BCUT2D eigenvalue weighted by molar-refractivity contribution is 5.76. The van der Waals surface area contributed by atoms with E-state index in [1.54, 1.807) is 18.3 Å². The molecular weight excluding hydrogens is 247 g/mol. The zero-order valence-electron chi connectivity index (χ0n) is 10.3. The molecule has 0 saturated carbocycles. The summed E-state index contributed by atoms with van der Waals surface area (Å²) in [5, 5.41) is 4.37. The lowest BCUT2D eigenvalue weighted by Gasteiger charge is -2.06. The second-order valence-corrected chi connectivity index (χ2v) is 4.51. The van der Waals surface area contributed by atoms with Crippen LogP contribution in [0, 0.1) is 5.82 Å². The van der Waals surface area contributed by atoms with Crippen LogP contribution in [-0.2, 0) is 4.74 Å². The van der Waals surface area contributed by atoms with E-state index in [1.807, 2.05) is 0 Å². The summed E-state index contributed by atoms with van der Waals surface area (Å²) in [5.74, 6) is -0.334. The quantitative estimate of drug-likeness (QED) is 0.797. The van der Waals surface area contributed by atoms with Crippen LogP contribution in [-0.4, -0.2) is 22.7 Å². The van der Waals surface area contributed by atoms with Gasteiger partial charge in [-0.05, 0) is 31.0 Å². The Labute approximate surface area is 109 Å². The van der Waals surface area contributed by atoms with Crippen LogP contribution in [0.1, 0.15) is 35.0 Å². The number of benzene rings is 1. The molecular formula is C14H13FN2O2. The molecule has 4 nitrogen and oxygen atoms in total. The fraction of sp³-hybridized carbons (Fsp3) is 0.286. The molecule has 0 amide bonds. The Morgan fingerprint density at radius 3 is 3.05 bits per heavy atom. The molecule has 1 fully saturated rings. The molecule has 1 saturated heterocycles. The SMILES string of the molecule is O=Cc1cn(-c2cccc(F)c2)nc1C1CCCO1. The summed E-state index contributed by atoms with van der Waals surface area (Å²) in [6.45, 7) is 0.690. The van der Waals surface area contributed by atoms with E-state index in [0.29, 0.717) is 23.6 Å². The van der Waals surface area contributed by atoms with Crippen LogP contribution in [0.2, 0.25) is 0 Å². The smallest absolute Gasteiger partial charge is 0.153 e. The van der Waals surface area contributed by atoms with Gasteiger partial charge in [0, 0.05) is 12.8 Å². The Kier molecular flexibility index (Phi) is 3.13. The van der Waals surface area contributed by atoms with Crippen LogP contribution < -0.4 is 0 Å². The number of hydrogen-bond donors (Lipinski definition) is 0. The van der Waals surface area contributed by atoms with Crippen LogP contribution in [0.4, 0.5) is 4.39 Å². The molecule has 0 spiro atoms. The molecule has 19 heavy (non-hydrogen) atoms. The van der Waals surface area contributed by atoms with Gasteiger partial charge < -0.3 is 4.74 Å². The van der Waals surface area contributed by atoms with Gasteiger partial charge in [0.25, 0.3) is 0 Å². The average Bonchev–Trinajstić information content (AvgIpc) is 3.07. The Morgan fingerprint density at radius 2 is 2.37 bits per heavy atom. The molecule has 1 aliphatic heterocycles. The van der Waals surface area contributed by atoms with E-state index in [-0.39, 0.29) is 11.9 Å². The third-order valence-corrected chi connectivity index (χ3v) is 3.21. The van der Waals surface area contributed by atoms with Crippen LogP contribution >= 0.6 is 0 Å². The van der Waals surface area contributed by atoms with Crippen molar-refractivity contribution in [3.63, 3.8) is 0 Å². The van der Waals surface area contributed by atoms with Gasteiger partial charge in [-0.15, -0.1) is 0 Å². The van der Waals surface area contributed by atoms with Gasteiger partial charge in [0.1, 0.15) is 17.6 Å². The second kappa shape index (κ2) is 4.93. The minimum Gasteiger partial charge on any atom is -0.372 e. The summed E-state index contributed by atoms with van der Waals surface area (Å²) in [4.78, 5) is 11.1. The van der Waals surface area contributed by atoms with Crippen molar-refractivity contribution in [3.05, 3.63) is 47.5 Å². The third kappa shape index (κ3) is 2.29. The second-order valence-electron chi connectivity index (χ2n) is 4.51. The highest BCUT2D eigenvalue weighted by atomic mass is 19.1. The minimum atomic E-state index is -0.334. The molecule has 5 heteroatoms. The third-order valence-electron chi connectivity index (χ3n) is 3.21. The summed E-state index contributed by atoms with van der Waals surface area (Å²) in [5.41, 5.74) is 1.72. The molecule has 1 unspecified atom stereocenters. The fourth-order valence-corrected chi connectivity index (χ4v) is 2.29. The van der Waals surface area contributed by atoms with E-state index < -0.39 is 0 Å². The number of halogens is 1. The number of carbonyl (C=O) groups is 1. The zero-order valence-corrected chi connectivity index (χ0v) is 10.3. The summed E-state index contributed by atoms with van der Waals surface area (Å²) in [6.07, 6.45) is 4.07. The van der Waals surface area contributed by atoms with Crippen LogP contribution in [0.15, 0.2) is 30.5 Å². The van der Waals surface area contributed by atoms with Gasteiger partial charge in [-0.2, -0.15) is 5.10 Å². The topological polar surface area (TPSA) is 44.1 Å². The molecule has 1 aromatic carbocycles. The van der Waals surface area contributed by atoms with Crippen molar-refractivity contribution in [1.29, 1.82) is 0 Å². The molecule has 0 N–H and O–H groups in total. The summed E-state index contributed by atoms with van der Waals surface area (Å²) < 4.78 is 20.3. The lowest BCUT2D eigenvalue weighted by Crippen LogP contribution is -2.02. The first-order valence-corrected chi connectivity index (χ1v) is 6.20. The highest BCUT2D eigenvalue weighted by Crippen LogP contribution is 2.29. The molecule has 1 atom stereocenters. The number of carbonyl (C=O) groups excluding carboxylic acids is 1. The number of nitrogens with zero attached hydrogens (tertiary/aromatic N) is 2. The van der Waals surface area contributed by atoms with Crippen molar-refractivity contribution >= 4 is 6.29 Å². The van der Waals surface area contributed by atoms with Crippen molar-refractivity contribution in [1.82, 2.24) is 9.78 Å². The predicted molar refractivity (Wildman–Crippen MR) is 66.8 cm³/mol. The predicted octanol–water partition coefficient (Wildman–Crippen LogP) is 2.68. The number of rotatable bonds is 3. The Balaban J connectivity index is 2.01. The number of hydrogen-bond acceptors (Lipinski definition) is 3. The van der Waals surface area contributed by atoms with E-state index in [9.17, 15) is 9.18 Å². The first-order valence-electron chi connectivity index (χ1n) is 6.20. The molecule has 2 heterocycles. The molecule has 1 aromatic heterocycles. The van der Waals surface area contributed by atoms with Crippen molar-refractivity contribution in [2.75, 3.05) is 6.61 Å². The summed E-state index contributed by atoms with van der Waals surface area (Å²) in [7, 11) is 0. The normalized spacial score (nSPS) is 18.7. The van der Waals surface area contributed by atoms with Gasteiger partial charge >= 0.3 is 0 Å². The van der Waals surface area contributed by atoms with Crippen molar-refractivity contribution in [2.24, 2.45) is 0 Å². The molecule has 0 bridgehead atoms. The van der Waals surface area contributed by atoms with E-state index in [2.05, 4.69) is 5.10 Å². The minimum absolute atomic E-state index is 0.130.